The van der Waals surface area contributed by atoms with E-state index in [-0.39, 0.29) is 0 Å². The molecule has 0 radical (unpaired) electrons. The van der Waals surface area contributed by atoms with E-state index in [2.05, 4.69) is 27.2 Å². The summed E-state index contributed by atoms with van der Waals surface area (Å²) in [6, 6.07) is 0. The molecule has 0 unspecified atom stereocenters. The summed E-state index contributed by atoms with van der Waals surface area (Å²) >= 11 is 3.37. The standard InChI is InChI=1S/C14H17N5S2/c1-8-10(3-4-15)21-13-12(8)18-9(2)19-14(13)17-7-11-16-5-6-20-11/h5-6H,3-4,7,15H2,1-2H3,(H,17,18,19). The monoisotopic (exact) mass is 319 g/mol. The number of thiophene rings is 1. The van der Waals surface area contributed by atoms with Crippen LogP contribution in [0.2, 0.25) is 0 Å². The summed E-state index contributed by atoms with van der Waals surface area (Å²) in [5, 5.41) is 6.42. The van der Waals surface area contributed by atoms with E-state index in [0.29, 0.717) is 13.1 Å². The molecule has 110 valence electrons. The first-order chi connectivity index (χ1) is 10.2. The Labute approximate surface area is 131 Å². The van der Waals surface area contributed by atoms with Crippen LogP contribution in [0, 0.1) is 13.8 Å². The third-order valence-electron chi connectivity index (χ3n) is 3.24. The van der Waals surface area contributed by atoms with Gasteiger partial charge in [-0.1, -0.05) is 0 Å². The molecule has 0 bridgehead atoms. The molecule has 0 aliphatic rings. The molecule has 0 saturated heterocycles. The molecule has 3 aromatic heterocycles. The number of nitrogens with zero attached hydrogens (tertiary/aromatic N) is 3. The van der Waals surface area contributed by atoms with Crippen LogP contribution in [0.1, 0.15) is 21.3 Å². The molecule has 21 heavy (non-hydrogen) atoms. The van der Waals surface area contributed by atoms with E-state index >= 15 is 0 Å². The predicted molar refractivity (Wildman–Crippen MR) is 89.1 cm³/mol. The van der Waals surface area contributed by atoms with Gasteiger partial charge in [0.15, 0.2) is 0 Å². The molecule has 7 heteroatoms. The quantitative estimate of drug-likeness (QED) is 0.756. The minimum absolute atomic E-state index is 0.655. The number of nitrogens with two attached hydrogens (primary N) is 1. The Kier molecular flexibility index (Phi) is 4.14. The maximum absolute atomic E-state index is 5.69. The number of aryl methyl sites for hydroxylation is 2. The Hall–Kier alpha value is -1.57. The van der Waals surface area contributed by atoms with Crippen molar-refractivity contribution in [3.63, 3.8) is 0 Å². The fourth-order valence-corrected chi connectivity index (χ4v) is 4.02. The lowest BCUT2D eigenvalue weighted by molar-refractivity contribution is 0.980. The van der Waals surface area contributed by atoms with Crippen molar-refractivity contribution >= 4 is 38.7 Å². The third kappa shape index (κ3) is 2.90. The number of anilines is 1. The van der Waals surface area contributed by atoms with Gasteiger partial charge < -0.3 is 11.1 Å². The number of aromatic nitrogens is 3. The number of hydrogen-bond donors (Lipinski definition) is 2. The summed E-state index contributed by atoms with van der Waals surface area (Å²) in [7, 11) is 0. The third-order valence-corrected chi connectivity index (χ3v) is 5.37. The zero-order valence-electron chi connectivity index (χ0n) is 12.0. The van der Waals surface area contributed by atoms with E-state index in [0.717, 1.165) is 33.3 Å². The van der Waals surface area contributed by atoms with Crippen LogP contribution in [-0.2, 0) is 13.0 Å². The largest absolute Gasteiger partial charge is 0.362 e. The zero-order valence-corrected chi connectivity index (χ0v) is 13.6. The van der Waals surface area contributed by atoms with Crippen LogP contribution >= 0.6 is 22.7 Å². The first-order valence-electron chi connectivity index (χ1n) is 6.78. The molecule has 3 rings (SSSR count). The lowest BCUT2D eigenvalue weighted by atomic mass is 10.2. The van der Waals surface area contributed by atoms with Crippen LogP contribution in [0.5, 0.6) is 0 Å². The van der Waals surface area contributed by atoms with Crippen molar-refractivity contribution in [3.05, 3.63) is 32.8 Å². The molecular weight excluding hydrogens is 302 g/mol. The van der Waals surface area contributed by atoms with Gasteiger partial charge in [0.1, 0.15) is 16.6 Å². The number of nitrogens with one attached hydrogen (secondary N) is 1. The highest BCUT2D eigenvalue weighted by Crippen LogP contribution is 2.34. The topological polar surface area (TPSA) is 76.7 Å². The van der Waals surface area contributed by atoms with Crippen LogP contribution in [0.25, 0.3) is 10.2 Å². The van der Waals surface area contributed by atoms with Crippen molar-refractivity contribution in [1.82, 2.24) is 15.0 Å². The Bertz CT molecular complexity index is 748. The van der Waals surface area contributed by atoms with Gasteiger partial charge in [-0.3, -0.25) is 0 Å². The van der Waals surface area contributed by atoms with Gasteiger partial charge in [-0.2, -0.15) is 0 Å². The molecule has 0 aromatic carbocycles. The maximum Gasteiger partial charge on any atom is 0.148 e. The van der Waals surface area contributed by atoms with Gasteiger partial charge in [0.2, 0.25) is 0 Å². The van der Waals surface area contributed by atoms with Crippen molar-refractivity contribution in [3.8, 4) is 0 Å². The van der Waals surface area contributed by atoms with E-state index in [1.165, 1.54) is 10.4 Å². The molecule has 0 atom stereocenters. The molecule has 3 N–H and O–H groups in total. The molecule has 0 aliphatic carbocycles. The highest BCUT2D eigenvalue weighted by atomic mass is 32.1. The first-order valence-corrected chi connectivity index (χ1v) is 8.47. The molecule has 5 nitrogen and oxygen atoms in total. The van der Waals surface area contributed by atoms with Gasteiger partial charge in [0.05, 0.1) is 16.8 Å². The molecule has 0 amide bonds. The van der Waals surface area contributed by atoms with Crippen molar-refractivity contribution in [1.29, 1.82) is 0 Å². The van der Waals surface area contributed by atoms with Gasteiger partial charge in [0, 0.05) is 16.5 Å². The summed E-state index contributed by atoms with van der Waals surface area (Å²) in [6.45, 7) is 5.38. The number of rotatable bonds is 5. The fourth-order valence-electron chi connectivity index (χ4n) is 2.23. The Morgan fingerprint density at radius 1 is 1.29 bits per heavy atom. The van der Waals surface area contributed by atoms with Gasteiger partial charge in [0.25, 0.3) is 0 Å². The average Bonchev–Trinajstić information content (AvgIpc) is 3.07. The van der Waals surface area contributed by atoms with Gasteiger partial charge >= 0.3 is 0 Å². The predicted octanol–water partition coefficient (Wildman–Crippen LogP) is 2.88. The fraction of sp³-hybridized carbons (Fsp3) is 0.357. The van der Waals surface area contributed by atoms with E-state index in [1.54, 1.807) is 22.7 Å². The summed E-state index contributed by atoms with van der Waals surface area (Å²) in [6.07, 6.45) is 2.70. The van der Waals surface area contributed by atoms with Gasteiger partial charge in [-0.25, -0.2) is 15.0 Å². The molecule has 0 saturated carbocycles. The maximum atomic E-state index is 5.69. The molecule has 0 fully saturated rings. The Morgan fingerprint density at radius 3 is 2.86 bits per heavy atom. The average molecular weight is 319 g/mol. The Balaban J connectivity index is 1.98. The van der Waals surface area contributed by atoms with Crippen LogP contribution in [0.4, 0.5) is 5.82 Å². The van der Waals surface area contributed by atoms with Crippen LogP contribution < -0.4 is 11.1 Å². The second-order valence-electron chi connectivity index (χ2n) is 4.77. The molecule has 0 aliphatic heterocycles. The number of fused-ring (bicyclic) bond motifs is 1. The van der Waals surface area contributed by atoms with E-state index in [9.17, 15) is 0 Å². The van der Waals surface area contributed by atoms with Gasteiger partial charge in [-0.05, 0) is 32.4 Å². The minimum atomic E-state index is 0.655. The highest BCUT2D eigenvalue weighted by Gasteiger charge is 2.14. The van der Waals surface area contributed by atoms with Crippen LogP contribution in [0.15, 0.2) is 11.6 Å². The number of hydrogen-bond acceptors (Lipinski definition) is 7. The smallest absolute Gasteiger partial charge is 0.148 e. The molecule has 3 heterocycles. The van der Waals surface area contributed by atoms with Crippen molar-refractivity contribution in [2.45, 2.75) is 26.8 Å². The Morgan fingerprint density at radius 2 is 2.14 bits per heavy atom. The summed E-state index contributed by atoms with van der Waals surface area (Å²) in [4.78, 5) is 14.7. The minimum Gasteiger partial charge on any atom is -0.362 e. The lowest BCUT2D eigenvalue weighted by Gasteiger charge is -2.05. The highest BCUT2D eigenvalue weighted by molar-refractivity contribution is 7.19. The molecule has 0 spiro atoms. The lowest BCUT2D eigenvalue weighted by Crippen LogP contribution is -2.03. The van der Waals surface area contributed by atoms with Crippen molar-refractivity contribution in [2.75, 3.05) is 11.9 Å². The summed E-state index contributed by atoms with van der Waals surface area (Å²) in [5.74, 6) is 1.67. The van der Waals surface area contributed by atoms with E-state index in [1.807, 2.05) is 18.5 Å². The van der Waals surface area contributed by atoms with Crippen molar-refractivity contribution < 1.29 is 0 Å². The second kappa shape index (κ2) is 6.05. The normalized spacial score (nSPS) is 11.2. The second-order valence-corrected chi connectivity index (χ2v) is 6.85. The number of thiazole rings is 1. The summed E-state index contributed by atoms with van der Waals surface area (Å²) in [5.41, 5.74) is 7.95. The van der Waals surface area contributed by atoms with Crippen LogP contribution in [-0.4, -0.2) is 21.5 Å². The van der Waals surface area contributed by atoms with Gasteiger partial charge in [-0.15, -0.1) is 22.7 Å². The van der Waals surface area contributed by atoms with Crippen LogP contribution in [0.3, 0.4) is 0 Å². The summed E-state index contributed by atoms with van der Waals surface area (Å²) < 4.78 is 1.11. The SMILES string of the molecule is Cc1nc(NCc2nccs2)c2sc(CCN)c(C)c2n1. The molecule has 3 aromatic rings. The van der Waals surface area contributed by atoms with E-state index < -0.39 is 0 Å². The molecular formula is C14H17N5S2. The zero-order chi connectivity index (χ0) is 14.8. The first kappa shape index (κ1) is 14.4. The van der Waals surface area contributed by atoms with Crippen molar-refractivity contribution in [2.24, 2.45) is 5.73 Å². The van der Waals surface area contributed by atoms with E-state index in [4.69, 9.17) is 5.73 Å².